The van der Waals surface area contributed by atoms with Gasteiger partial charge in [-0.05, 0) is 37.1 Å². The molecule has 1 saturated heterocycles. The fraction of sp³-hybridized carbons (Fsp3) is 0.385. The summed E-state index contributed by atoms with van der Waals surface area (Å²) in [4.78, 5) is 23.6. The zero-order valence-electron chi connectivity index (χ0n) is 9.50. The third-order valence-electron chi connectivity index (χ3n) is 3.16. The fourth-order valence-electron chi connectivity index (χ4n) is 2.18. The number of anilines is 1. The SMILES string of the molecule is O=Cc1ccc(N2CCCC(C(=O)O)C2)cc1. The molecule has 4 heteroatoms. The summed E-state index contributed by atoms with van der Waals surface area (Å²) in [7, 11) is 0. The number of piperidine rings is 1. The minimum atomic E-state index is -0.723. The molecule has 0 spiro atoms. The summed E-state index contributed by atoms with van der Waals surface area (Å²) in [5, 5.41) is 9.01. The number of carbonyl (C=O) groups is 2. The minimum absolute atomic E-state index is 0.283. The number of aliphatic carboxylic acids is 1. The second kappa shape index (κ2) is 4.99. The average Bonchev–Trinajstić information content (AvgIpc) is 2.39. The monoisotopic (exact) mass is 233 g/mol. The van der Waals surface area contributed by atoms with Gasteiger partial charge in [0.2, 0.25) is 0 Å². The Morgan fingerprint density at radius 3 is 2.65 bits per heavy atom. The van der Waals surface area contributed by atoms with E-state index in [9.17, 15) is 9.59 Å². The van der Waals surface area contributed by atoms with Crippen molar-refractivity contribution in [3.63, 3.8) is 0 Å². The highest BCUT2D eigenvalue weighted by molar-refractivity contribution is 5.76. The van der Waals surface area contributed by atoms with Gasteiger partial charge in [-0.15, -0.1) is 0 Å². The molecule has 2 rings (SSSR count). The molecule has 0 aliphatic carbocycles. The van der Waals surface area contributed by atoms with E-state index >= 15 is 0 Å². The molecule has 4 nitrogen and oxygen atoms in total. The highest BCUT2D eigenvalue weighted by atomic mass is 16.4. The van der Waals surface area contributed by atoms with E-state index in [0.717, 1.165) is 31.4 Å². The molecule has 1 heterocycles. The summed E-state index contributed by atoms with van der Waals surface area (Å²) in [6.07, 6.45) is 2.45. The zero-order valence-corrected chi connectivity index (χ0v) is 9.50. The maximum Gasteiger partial charge on any atom is 0.308 e. The summed E-state index contributed by atoms with van der Waals surface area (Å²) in [5.41, 5.74) is 1.63. The number of carboxylic acids is 1. The van der Waals surface area contributed by atoms with Crippen molar-refractivity contribution < 1.29 is 14.7 Å². The van der Waals surface area contributed by atoms with Crippen LogP contribution in [0, 0.1) is 5.92 Å². The smallest absolute Gasteiger partial charge is 0.308 e. The van der Waals surface area contributed by atoms with Crippen LogP contribution < -0.4 is 4.90 Å². The second-order valence-corrected chi connectivity index (χ2v) is 4.33. The molecule has 0 bridgehead atoms. The maximum atomic E-state index is 11.0. The molecule has 0 radical (unpaired) electrons. The summed E-state index contributed by atoms with van der Waals surface area (Å²) in [5.74, 6) is -1.01. The normalized spacial score (nSPS) is 20.0. The Morgan fingerprint density at radius 2 is 2.06 bits per heavy atom. The maximum absolute atomic E-state index is 11.0. The first-order valence-corrected chi connectivity index (χ1v) is 5.73. The third kappa shape index (κ3) is 2.64. The van der Waals surface area contributed by atoms with Crippen LogP contribution in [0.4, 0.5) is 5.69 Å². The van der Waals surface area contributed by atoms with E-state index in [2.05, 4.69) is 4.90 Å². The zero-order chi connectivity index (χ0) is 12.3. The molecule has 1 aliphatic rings. The van der Waals surface area contributed by atoms with Gasteiger partial charge in [0.25, 0.3) is 0 Å². The van der Waals surface area contributed by atoms with Crippen LogP contribution in [0.25, 0.3) is 0 Å². The van der Waals surface area contributed by atoms with E-state index in [1.165, 1.54) is 0 Å². The Kier molecular flexibility index (Phi) is 3.42. The second-order valence-electron chi connectivity index (χ2n) is 4.33. The average molecular weight is 233 g/mol. The van der Waals surface area contributed by atoms with E-state index in [4.69, 9.17) is 5.11 Å². The van der Waals surface area contributed by atoms with Crippen molar-refractivity contribution in [1.82, 2.24) is 0 Å². The molecule has 0 saturated carbocycles. The highest BCUT2D eigenvalue weighted by Crippen LogP contribution is 2.23. The fourth-order valence-corrected chi connectivity index (χ4v) is 2.18. The van der Waals surface area contributed by atoms with Crippen LogP contribution in [0.5, 0.6) is 0 Å². The van der Waals surface area contributed by atoms with Gasteiger partial charge >= 0.3 is 5.97 Å². The van der Waals surface area contributed by atoms with E-state index < -0.39 is 5.97 Å². The van der Waals surface area contributed by atoms with Gasteiger partial charge in [-0.1, -0.05) is 0 Å². The van der Waals surface area contributed by atoms with Crippen molar-refractivity contribution >= 4 is 17.9 Å². The Hall–Kier alpha value is -1.84. The number of carbonyl (C=O) groups excluding carboxylic acids is 1. The largest absolute Gasteiger partial charge is 0.481 e. The topological polar surface area (TPSA) is 57.6 Å². The van der Waals surface area contributed by atoms with Gasteiger partial charge in [-0.2, -0.15) is 0 Å². The van der Waals surface area contributed by atoms with E-state index in [1.807, 2.05) is 12.1 Å². The predicted molar refractivity (Wildman–Crippen MR) is 64.4 cm³/mol. The Bertz CT molecular complexity index is 413. The van der Waals surface area contributed by atoms with Crippen molar-refractivity contribution in [3.8, 4) is 0 Å². The first-order chi connectivity index (χ1) is 8.20. The third-order valence-corrected chi connectivity index (χ3v) is 3.16. The lowest BCUT2D eigenvalue weighted by molar-refractivity contribution is -0.141. The van der Waals surface area contributed by atoms with Crippen LogP contribution >= 0.6 is 0 Å². The van der Waals surface area contributed by atoms with Crippen molar-refractivity contribution in [2.24, 2.45) is 5.92 Å². The Morgan fingerprint density at radius 1 is 1.35 bits per heavy atom. The molecule has 17 heavy (non-hydrogen) atoms. The molecular formula is C13H15NO3. The van der Waals surface area contributed by atoms with Crippen molar-refractivity contribution in [1.29, 1.82) is 0 Å². The standard InChI is InChI=1S/C13H15NO3/c15-9-10-3-5-12(6-4-10)14-7-1-2-11(8-14)13(16)17/h3-6,9,11H,1-2,7-8H2,(H,16,17). The number of carboxylic acid groups (broad SMARTS) is 1. The van der Waals surface area contributed by atoms with Gasteiger partial charge in [0.1, 0.15) is 6.29 Å². The number of hydrogen-bond donors (Lipinski definition) is 1. The summed E-state index contributed by atoms with van der Waals surface area (Å²) >= 11 is 0. The first kappa shape index (κ1) is 11.6. The molecule has 1 aromatic rings. The lowest BCUT2D eigenvalue weighted by atomic mass is 9.98. The van der Waals surface area contributed by atoms with Crippen LogP contribution in [0.3, 0.4) is 0 Å². The number of hydrogen-bond acceptors (Lipinski definition) is 3. The first-order valence-electron chi connectivity index (χ1n) is 5.73. The molecule has 1 fully saturated rings. The number of nitrogens with zero attached hydrogens (tertiary/aromatic N) is 1. The molecule has 1 aliphatic heterocycles. The highest BCUT2D eigenvalue weighted by Gasteiger charge is 2.25. The van der Waals surface area contributed by atoms with Gasteiger partial charge in [-0.3, -0.25) is 9.59 Å². The van der Waals surface area contributed by atoms with E-state index in [-0.39, 0.29) is 5.92 Å². The van der Waals surface area contributed by atoms with Crippen molar-refractivity contribution in [2.45, 2.75) is 12.8 Å². The van der Waals surface area contributed by atoms with Gasteiger partial charge in [0.15, 0.2) is 0 Å². The number of benzene rings is 1. The number of rotatable bonds is 3. The van der Waals surface area contributed by atoms with Crippen molar-refractivity contribution in [3.05, 3.63) is 29.8 Å². The van der Waals surface area contributed by atoms with E-state index in [1.54, 1.807) is 12.1 Å². The van der Waals surface area contributed by atoms with Crippen LogP contribution in [-0.4, -0.2) is 30.5 Å². The summed E-state index contributed by atoms with van der Waals surface area (Å²) < 4.78 is 0. The van der Waals surface area contributed by atoms with Crippen LogP contribution in [0.15, 0.2) is 24.3 Å². The minimum Gasteiger partial charge on any atom is -0.481 e. The summed E-state index contributed by atoms with van der Waals surface area (Å²) in [6.45, 7) is 1.43. The van der Waals surface area contributed by atoms with Crippen LogP contribution in [0.1, 0.15) is 23.2 Å². The molecule has 1 atom stereocenters. The molecule has 1 N–H and O–H groups in total. The Balaban J connectivity index is 2.10. The van der Waals surface area contributed by atoms with Crippen molar-refractivity contribution in [2.75, 3.05) is 18.0 Å². The lowest BCUT2D eigenvalue weighted by Crippen LogP contribution is -2.38. The van der Waals surface area contributed by atoms with Crippen LogP contribution in [0.2, 0.25) is 0 Å². The molecule has 0 aromatic heterocycles. The molecule has 90 valence electrons. The number of aldehydes is 1. The quantitative estimate of drug-likeness (QED) is 0.809. The molecule has 1 aromatic carbocycles. The van der Waals surface area contributed by atoms with Gasteiger partial charge < -0.3 is 10.0 Å². The molecule has 1 unspecified atom stereocenters. The van der Waals surface area contributed by atoms with Gasteiger partial charge in [-0.25, -0.2) is 0 Å². The lowest BCUT2D eigenvalue weighted by Gasteiger charge is -2.32. The Labute approximate surface area is 99.9 Å². The molecular weight excluding hydrogens is 218 g/mol. The van der Waals surface area contributed by atoms with Gasteiger partial charge in [0, 0.05) is 24.3 Å². The summed E-state index contributed by atoms with van der Waals surface area (Å²) in [6, 6.07) is 7.25. The molecule has 0 amide bonds. The van der Waals surface area contributed by atoms with Gasteiger partial charge in [0.05, 0.1) is 5.92 Å². The van der Waals surface area contributed by atoms with Crippen LogP contribution in [-0.2, 0) is 4.79 Å². The predicted octanol–water partition coefficient (Wildman–Crippen LogP) is 1.80. The van der Waals surface area contributed by atoms with E-state index in [0.29, 0.717) is 12.1 Å².